The highest BCUT2D eigenvalue weighted by Crippen LogP contribution is 2.67. The molecule has 2 aliphatic heterocycles. The lowest BCUT2D eigenvalue weighted by atomic mass is 9.67. The van der Waals surface area contributed by atoms with Crippen LogP contribution in [0.4, 0.5) is 0 Å². The van der Waals surface area contributed by atoms with E-state index in [1.54, 1.807) is 0 Å². The maximum absolute atomic E-state index is 11.9. The number of carbonyl (C=O) groups is 1. The highest BCUT2D eigenvalue weighted by molar-refractivity contribution is 5.91. The molecule has 1 saturated carbocycles. The van der Waals surface area contributed by atoms with Gasteiger partial charge in [-0.15, -0.1) is 0 Å². The zero-order valence-electron chi connectivity index (χ0n) is 13.0. The van der Waals surface area contributed by atoms with Gasteiger partial charge < -0.3 is 19.7 Å². The SMILES string of the molecule is COC(=O)C1=CC(O)C23OC1(O)CC2(C)CCC3C(C)C. The molecular weight excluding hydrogens is 272 g/mol. The van der Waals surface area contributed by atoms with Crippen molar-refractivity contribution >= 4 is 5.97 Å². The first kappa shape index (κ1) is 15.0. The fraction of sp³-hybridized carbons (Fsp3) is 0.812. The Hall–Kier alpha value is -0.910. The van der Waals surface area contributed by atoms with E-state index in [0.717, 1.165) is 12.8 Å². The van der Waals surface area contributed by atoms with Crippen LogP contribution >= 0.6 is 0 Å². The Morgan fingerprint density at radius 2 is 2.19 bits per heavy atom. The van der Waals surface area contributed by atoms with Crippen molar-refractivity contribution < 1.29 is 24.5 Å². The van der Waals surface area contributed by atoms with Crippen LogP contribution in [0, 0.1) is 17.3 Å². The summed E-state index contributed by atoms with van der Waals surface area (Å²) in [6.07, 6.45) is 2.69. The van der Waals surface area contributed by atoms with Crippen molar-refractivity contribution in [2.24, 2.45) is 17.3 Å². The number of carbonyl (C=O) groups excluding carboxylic acids is 1. The van der Waals surface area contributed by atoms with Gasteiger partial charge in [0.05, 0.1) is 12.7 Å². The molecule has 0 aromatic rings. The minimum absolute atomic E-state index is 0.0289. The summed E-state index contributed by atoms with van der Waals surface area (Å²) in [5, 5.41) is 21.6. The molecule has 5 heteroatoms. The number of hydrogen-bond acceptors (Lipinski definition) is 5. The number of fused-ring (bicyclic) bond motifs is 1. The summed E-state index contributed by atoms with van der Waals surface area (Å²) >= 11 is 0. The first-order valence-electron chi connectivity index (χ1n) is 7.61. The van der Waals surface area contributed by atoms with Crippen molar-refractivity contribution in [3.63, 3.8) is 0 Å². The van der Waals surface area contributed by atoms with Crippen molar-refractivity contribution in [3.05, 3.63) is 11.6 Å². The molecule has 1 aliphatic carbocycles. The molecule has 0 aromatic heterocycles. The van der Waals surface area contributed by atoms with Crippen molar-refractivity contribution in [3.8, 4) is 0 Å². The van der Waals surface area contributed by atoms with E-state index in [2.05, 4.69) is 13.8 Å². The van der Waals surface area contributed by atoms with Crippen molar-refractivity contribution in [2.45, 2.75) is 57.5 Å². The number of rotatable bonds is 2. The average molecular weight is 296 g/mol. The first-order valence-corrected chi connectivity index (χ1v) is 7.61. The van der Waals surface area contributed by atoms with Gasteiger partial charge in [0.1, 0.15) is 11.7 Å². The van der Waals surface area contributed by atoms with E-state index in [0.29, 0.717) is 12.3 Å². The molecule has 1 spiro atoms. The quantitative estimate of drug-likeness (QED) is 0.753. The van der Waals surface area contributed by atoms with Gasteiger partial charge in [-0.25, -0.2) is 4.79 Å². The molecule has 2 heterocycles. The van der Waals surface area contributed by atoms with Gasteiger partial charge in [0.25, 0.3) is 0 Å². The monoisotopic (exact) mass is 296 g/mol. The topological polar surface area (TPSA) is 76.0 Å². The Labute approximate surface area is 124 Å². The fourth-order valence-electron chi connectivity index (χ4n) is 4.97. The fourth-order valence-corrected chi connectivity index (χ4v) is 4.97. The number of aliphatic hydroxyl groups is 2. The molecule has 2 N–H and O–H groups in total. The molecule has 0 amide bonds. The molecule has 5 nitrogen and oxygen atoms in total. The number of methoxy groups -OCH3 is 1. The maximum atomic E-state index is 11.9. The number of esters is 1. The third kappa shape index (κ3) is 1.65. The van der Waals surface area contributed by atoms with Gasteiger partial charge in [-0.2, -0.15) is 0 Å². The summed E-state index contributed by atoms with van der Waals surface area (Å²) in [5.74, 6) is -1.80. The van der Waals surface area contributed by atoms with E-state index >= 15 is 0 Å². The molecule has 21 heavy (non-hydrogen) atoms. The molecule has 1 saturated heterocycles. The number of hydrogen-bond donors (Lipinski definition) is 2. The number of aliphatic hydroxyl groups excluding tert-OH is 1. The smallest absolute Gasteiger partial charge is 0.338 e. The summed E-state index contributed by atoms with van der Waals surface area (Å²) in [7, 11) is 1.26. The third-order valence-corrected chi connectivity index (χ3v) is 5.86. The van der Waals surface area contributed by atoms with Gasteiger partial charge in [-0.05, 0) is 30.8 Å². The van der Waals surface area contributed by atoms with E-state index in [1.807, 2.05) is 6.92 Å². The molecule has 0 aromatic carbocycles. The summed E-state index contributed by atoms with van der Waals surface area (Å²) in [6.45, 7) is 6.26. The molecule has 3 aliphatic rings. The average Bonchev–Trinajstić information content (AvgIpc) is 2.77. The lowest BCUT2D eigenvalue weighted by Gasteiger charge is -2.47. The normalized spacial score (nSPS) is 48.2. The summed E-state index contributed by atoms with van der Waals surface area (Å²) in [6, 6.07) is 0. The Balaban J connectivity index is 2.12. The lowest BCUT2D eigenvalue weighted by molar-refractivity contribution is -0.255. The second-order valence-corrected chi connectivity index (χ2v) is 7.32. The van der Waals surface area contributed by atoms with E-state index in [-0.39, 0.29) is 16.9 Å². The zero-order valence-corrected chi connectivity index (χ0v) is 13.0. The molecule has 2 bridgehead atoms. The van der Waals surface area contributed by atoms with Gasteiger partial charge in [0.15, 0.2) is 0 Å². The largest absolute Gasteiger partial charge is 0.466 e. The predicted octanol–water partition coefficient (Wildman–Crippen LogP) is 1.38. The van der Waals surface area contributed by atoms with E-state index in [9.17, 15) is 15.0 Å². The minimum Gasteiger partial charge on any atom is -0.466 e. The second-order valence-electron chi connectivity index (χ2n) is 7.32. The standard InChI is InChI=1S/C16H24O5/c1-9(2)10-5-6-14(3)8-15(19)11(13(18)20-4)7-12(17)16(10,14)21-15/h7,9-10,12,17,19H,5-6,8H2,1-4H3. The van der Waals surface area contributed by atoms with Crippen LogP contribution in [0.15, 0.2) is 11.6 Å². The summed E-state index contributed by atoms with van der Waals surface area (Å²) in [5.41, 5.74) is -1.13. The van der Waals surface area contributed by atoms with Gasteiger partial charge >= 0.3 is 5.97 Å². The first-order chi connectivity index (χ1) is 9.70. The lowest BCUT2D eigenvalue weighted by Crippen LogP contribution is -2.57. The highest BCUT2D eigenvalue weighted by Gasteiger charge is 2.74. The highest BCUT2D eigenvalue weighted by atomic mass is 16.7. The van der Waals surface area contributed by atoms with Crippen LogP contribution in [0.3, 0.4) is 0 Å². The minimum atomic E-state index is -1.64. The van der Waals surface area contributed by atoms with Gasteiger partial charge in [-0.3, -0.25) is 0 Å². The molecule has 2 fully saturated rings. The van der Waals surface area contributed by atoms with Crippen molar-refractivity contribution in [1.29, 1.82) is 0 Å². The van der Waals surface area contributed by atoms with Crippen LogP contribution in [0.5, 0.6) is 0 Å². The molecular formula is C16H24O5. The van der Waals surface area contributed by atoms with Crippen LogP contribution in [0.2, 0.25) is 0 Å². The van der Waals surface area contributed by atoms with Crippen LogP contribution < -0.4 is 0 Å². The Bertz CT molecular complexity index is 513. The molecule has 0 radical (unpaired) electrons. The summed E-state index contributed by atoms with van der Waals surface area (Å²) in [4.78, 5) is 11.9. The van der Waals surface area contributed by atoms with E-state index in [4.69, 9.17) is 9.47 Å². The van der Waals surface area contributed by atoms with Crippen molar-refractivity contribution in [1.82, 2.24) is 0 Å². The van der Waals surface area contributed by atoms with Gasteiger partial charge in [0, 0.05) is 11.8 Å². The Morgan fingerprint density at radius 1 is 1.52 bits per heavy atom. The van der Waals surface area contributed by atoms with Crippen LogP contribution in [-0.2, 0) is 14.3 Å². The van der Waals surface area contributed by atoms with Crippen LogP contribution in [0.1, 0.15) is 40.0 Å². The number of ether oxygens (including phenoxy) is 2. The van der Waals surface area contributed by atoms with E-state index in [1.165, 1.54) is 13.2 Å². The second kappa shape index (κ2) is 4.31. The van der Waals surface area contributed by atoms with Crippen molar-refractivity contribution in [2.75, 3.05) is 7.11 Å². The van der Waals surface area contributed by atoms with Gasteiger partial charge in [-0.1, -0.05) is 20.8 Å². The van der Waals surface area contributed by atoms with Gasteiger partial charge in [0.2, 0.25) is 5.79 Å². The zero-order chi connectivity index (χ0) is 15.6. The third-order valence-electron chi connectivity index (χ3n) is 5.86. The molecule has 118 valence electrons. The predicted molar refractivity (Wildman–Crippen MR) is 75.2 cm³/mol. The van der Waals surface area contributed by atoms with Crippen LogP contribution in [-0.4, -0.2) is 40.8 Å². The molecule has 3 rings (SSSR count). The Morgan fingerprint density at radius 3 is 2.76 bits per heavy atom. The maximum Gasteiger partial charge on any atom is 0.338 e. The van der Waals surface area contributed by atoms with Crippen LogP contribution in [0.25, 0.3) is 0 Å². The molecule has 5 unspecified atom stereocenters. The summed E-state index contributed by atoms with van der Waals surface area (Å²) < 4.78 is 10.8. The van der Waals surface area contributed by atoms with E-state index < -0.39 is 23.5 Å². The Kier molecular flexibility index (Phi) is 3.08. The molecule has 5 atom stereocenters.